The molecule has 0 saturated heterocycles. The van der Waals surface area contributed by atoms with E-state index in [0.717, 1.165) is 0 Å². The molecule has 16 heavy (non-hydrogen) atoms. The fraction of sp³-hybridized carbons (Fsp3) is 0.417. The van der Waals surface area contributed by atoms with E-state index in [4.69, 9.17) is 11.6 Å². The Morgan fingerprint density at radius 1 is 1.56 bits per heavy atom. The van der Waals surface area contributed by atoms with Crippen LogP contribution >= 0.6 is 11.6 Å². The maximum Gasteiger partial charge on any atom is 0.328 e. The number of benzene rings is 1. The molecule has 0 spiro atoms. The number of likely N-dealkylation sites (N-methyl/N-ethyl adjacent to an activating group) is 1. The summed E-state index contributed by atoms with van der Waals surface area (Å²) in [5.74, 6) is -0.876. The Kier molecular flexibility index (Phi) is 3.94. The van der Waals surface area contributed by atoms with Crippen molar-refractivity contribution >= 4 is 17.6 Å². The van der Waals surface area contributed by atoms with Crippen LogP contribution in [-0.2, 0) is 10.3 Å². The topological polar surface area (TPSA) is 40.5 Å². The van der Waals surface area contributed by atoms with E-state index in [1.807, 2.05) is 6.92 Å². The Balaban J connectivity index is 3.27. The van der Waals surface area contributed by atoms with Crippen molar-refractivity contribution in [3.63, 3.8) is 0 Å². The maximum atomic E-state index is 11.4. The molecule has 1 aromatic rings. The van der Waals surface area contributed by atoms with Crippen LogP contribution in [-0.4, -0.2) is 29.6 Å². The van der Waals surface area contributed by atoms with Crippen LogP contribution in [0.1, 0.15) is 19.4 Å². The first-order valence-corrected chi connectivity index (χ1v) is 5.51. The van der Waals surface area contributed by atoms with Gasteiger partial charge in [-0.15, -0.1) is 0 Å². The Bertz CT molecular complexity index is 394. The second kappa shape index (κ2) is 4.85. The van der Waals surface area contributed by atoms with E-state index in [0.29, 0.717) is 17.1 Å². The normalized spacial score (nSPS) is 14.8. The Morgan fingerprint density at radius 2 is 2.19 bits per heavy atom. The third-order valence-corrected chi connectivity index (χ3v) is 3.28. The van der Waals surface area contributed by atoms with Crippen molar-refractivity contribution in [3.05, 3.63) is 34.9 Å². The maximum absolute atomic E-state index is 11.4. The summed E-state index contributed by atoms with van der Waals surface area (Å²) in [4.78, 5) is 13.2. The van der Waals surface area contributed by atoms with E-state index in [-0.39, 0.29) is 0 Å². The number of nitrogens with zero attached hydrogens (tertiary/aromatic N) is 1. The molecule has 1 aromatic carbocycles. The second-order valence-electron chi connectivity index (χ2n) is 3.90. The van der Waals surface area contributed by atoms with Gasteiger partial charge in [-0.05, 0) is 38.2 Å². The van der Waals surface area contributed by atoms with Gasteiger partial charge < -0.3 is 5.11 Å². The molecule has 0 fully saturated rings. The van der Waals surface area contributed by atoms with Gasteiger partial charge >= 0.3 is 5.97 Å². The lowest BCUT2D eigenvalue weighted by Gasteiger charge is -2.34. The summed E-state index contributed by atoms with van der Waals surface area (Å²) in [6.45, 7) is 4.26. The first-order chi connectivity index (χ1) is 7.42. The minimum Gasteiger partial charge on any atom is -0.480 e. The molecular formula is C12H16ClNO2. The summed E-state index contributed by atoms with van der Waals surface area (Å²) in [5.41, 5.74) is -0.350. The Morgan fingerprint density at radius 3 is 2.62 bits per heavy atom. The third-order valence-electron chi connectivity index (χ3n) is 3.04. The summed E-state index contributed by atoms with van der Waals surface area (Å²) < 4.78 is 0. The average Bonchev–Trinajstić information content (AvgIpc) is 2.26. The molecule has 1 atom stereocenters. The molecule has 0 aromatic heterocycles. The van der Waals surface area contributed by atoms with E-state index >= 15 is 0 Å². The smallest absolute Gasteiger partial charge is 0.328 e. The van der Waals surface area contributed by atoms with Crippen LogP contribution in [0.3, 0.4) is 0 Å². The summed E-state index contributed by atoms with van der Waals surface area (Å²) in [6, 6.07) is 6.98. The van der Waals surface area contributed by atoms with Gasteiger partial charge in [-0.3, -0.25) is 4.90 Å². The van der Waals surface area contributed by atoms with Crippen molar-refractivity contribution in [2.24, 2.45) is 0 Å². The van der Waals surface area contributed by atoms with Crippen molar-refractivity contribution in [3.8, 4) is 0 Å². The Hall–Kier alpha value is -1.06. The monoisotopic (exact) mass is 241 g/mol. The number of carboxylic acids is 1. The van der Waals surface area contributed by atoms with E-state index in [9.17, 15) is 9.90 Å². The van der Waals surface area contributed by atoms with Gasteiger partial charge in [0.05, 0.1) is 0 Å². The van der Waals surface area contributed by atoms with E-state index in [1.165, 1.54) is 0 Å². The zero-order chi connectivity index (χ0) is 12.3. The fourth-order valence-electron chi connectivity index (χ4n) is 1.61. The number of halogens is 1. The van der Waals surface area contributed by atoms with Crippen LogP contribution < -0.4 is 0 Å². The molecule has 1 N–H and O–H groups in total. The summed E-state index contributed by atoms with van der Waals surface area (Å²) >= 11 is 5.89. The van der Waals surface area contributed by atoms with Gasteiger partial charge in [-0.2, -0.15) is 0 Å². The van der Waals surface area contributed by atoms with Gasteiger partial charge in [0.1, 0.15) is 5.54 Å². The lowest BCUT2D eigenvalue weighted by Crippen LogP contribution is -2.47. The van der Waals surface area contributed by atoms with Crippen LogP contribution in [0.15, 0.2) is 24.3 Å². The van der Waals surface area contributed by atoms with Crippen LogP contribution in [0.25, 0.3) is 0 Å². The van der Waals surface area contributed by atoms with Crippen LogP contribution in [0.2, 0.25) is 5.02 Å². The van der Waals surface area contributed by atoms with Crippen LogP contribution in [0.5, 0.6) is 0 Å². The average molecular weight is 242 g/mol. The fourth-order valence-corrected chi connectivity index (χ4v) is 1.80. The standard InChI is InChI=1S/C12H16ClNO2/c1-4-14(3)12(2,11(15)16)9-6-5-7-10(13)8-9/h5-8H,4H2,1-3H3,(H,15,16). The van der Waals surface area contributed by atoms with Gasteiger partial charge in [0.2, 0.25) is 0 Å². The molecule has 0 radical (unpaired) electrons. The zero-order valence-corrected chi connectivity index (χ0v) is 10.5. The molecule has 0 aliphatic carbocycles. The summed E-state index contributed by atoms with van der Waals surface area (Å²) in [6.07, 6.45) is 0. The minimum absolute atomic E-state index is 0.550. The number of carbonyl (C=O) groups is 1. The molecule has 88 valence electrons. The molecular weight excluding hydrogens is 226 g/mol. The largest absolute Gasteiger partial charge is 0.480 e. The molecule has 0 heterocycles. The predicted molar refractivity (Wildman–Crippen MR) is 64.7 cm³/mol. The molecule has 0 aliphatic rings. The van der Waals surface area contributed by atoms with Crippen molar-refractivity contribution in [2.75, 3.05) is 13.6 Å². The number of hydrogen-bond donors (Lipinski definition) is 1. The van der Waals surface area contributed by atoms with Gasteiger partial charge in [-0.1, -0.05) is 30.7 Å². The quantitative estimate of drug-likeness (QED) is 0.881. The van der Waals surface area contributed by atoms with Crippen molar-refractivity contribution in [1.29, 1.82) is 0 Å². The number of rotatable bonds is 4. The highest BCUT2D eigenvalue weighted by atomic mass is 35.5. The third kappa shape index (κ3) is 2.20. The summed E-state index contributed by atoms with van der Waals surface area (Å²) in [7, 11) is 1.79. The zero-order valence-electron chi connectivity index (χ0n) is 9.70. The van der Waals surface area contributed by atoms with Crippen molar-refractivity contribution in [1.82, 2.24) is 4.90 Å². The highest BCUT2D eigenvalue weighted by Crippen LogP contribution is 2.29. The van der Waals surface area contributed by atoms with Crippen molar-refractivity contribution < 1.29 is 9.90 Å². The first kappa shape index (κ1) is 13.0. The lowest BCUT2D eigenvalue weighted by molar-refractivity contribution is -0.150. The number of hydrogen-bond acceptors (Lipinski definition) is 2. The van der Waals surface area contributed by atoms with E-state index in [1.54, 1.807) is 43.1 Å². The van der Waals surface area contributed by atoms with Gasteiger partial charge in [0.25, 0.3) is 0 Å². The number of carboxylic acid groups (broad SMARTS) is 1. The molecule has 3 nitrogen and oxygen atoms in total. The van der Waals surface area contributed by atoms with E-state index in [2.05, 4.69) is 0 Å². The predicted octanol–water partition coefficient (Wildman–Crippen LogP) is 2.59. The molecule has 1 unspecified atom stereocenters. The lowest BCUT2D eigenvalue weighted by atomic mass is 9.90. The van der Waals surface area contributed by atoms with Gasteiger partial charge in [0.15, 0.2) is 0 Å². The Labute approximate surface area is 101 Å². The molecule has 0 bridgehead atoms. The SMILES string of the molecule is CCN(C)C(C)(C(=O)O)c1cccc(Cl)c1. The summed E-state index contributed by atoms with van der Waals surface area (Å²) in [5, 5.41) is 9.94. The molecule has 4 heteroatoms. The molecule has 0 amide bonds. The van der Waals surface area contributed by atoms with Crippen LogP contribution in [0, 0.1) is 0 Å². The minimum atomic E-state index is -1.04. The highest BCUT2D eigenvalue weighted by Gasteiger charge is 2.38. The van der Waals surface area contributed by atoms with Crippen LogP contribution in [0.4, 0.5) is 0 Å². The van der Waals surface area contributed by atoms with Gasteiger partial charge in [0, 0.05) is 5.02 Å². The second-order valence-corrected chi connectivity index (χ2v) is 4.34. The van der Waals surface area contributed by atoms with Gasteiger partial charge in [-0.25, -0.2) is 4.79 Å². The molecule has 1 rings (SSSR count). The molecule has 0 saturated carbocycles. The van der Waals surface area contributed by atoms with E-state index < -0.39 is 11.5 Å². The first-order valence-electron chi connectivity index (χ1n) is 5.13. The molecule has 0 aliphatic heterocycles. The number of aliphatic carboxylic acids is 1. The van der Waals surface area contributed by atoms with Crippen molar-refractivity contribution in [2.45, 2.75) is 19.4 Å². The highest BCUT2D eigenvalue weighted by molar-refractivity contribution is 6.30.